The van der Waals surface area contributed by atoms with E-state index in [9.17, 15) is 9.59 Å². The summed E-state index contributed by atoms with van der Waals surface area (Å²) in [6.07, 6.45) is 0.846. The molecule has 5 heteroatoms. The first-order chi connectivity index (χ1) is 10.1. The highest BCUT2D eigenvalue weighted by molar-refractivity contribution is 5.95. The third kappa shape index (κ3) is 3.35. The van der Waals surface area contributed by atoms with E-state index >= 15 is 0 Å². The van der Waals surface area contributed by atoms with E-state index in [0.717, 1.165) is 17.7 Å². The lowest BCUT2D eigenvalue weighted by molar-refractivity contribution is -0.146. The zero-order chi connectivity index (χ0) is 15.4. The predicted molar refractivity (Wildman–Crippen MR) is 79.8 cm³/mol. The molecule has 0 saturated carbocycles. The molecule has 1 aromatic rings. The van der Waals surface area contributed by atoms with Gasteiger partial charge in [0.2, 0.25) is 11.8 Å². The van der Waals surface area contributed by atoms with Crippen LogP contribution in [0.4, 0.5) is 0 Å². The molecule has 1 saturated heterocycles. The number of carbonyl (C=O) groups is 2. The standard InChI is InChI=1S/C16H22N2O3/c1-4-11(2)15-16(20)18(10-14(19)17-15)9-12-7-5-6-8-13(12)21-3/h5-8,11,15H,4,9-10H2,1-3H3,(H,17,19). The molecule has 1 aliphatic heterocycles. The maximum absolute atomic E-state index is 12.5. The molecular formula is C16H22N2O3. The van der Waals surface area contributed by atoms with Crippen molar-refractivity contribution in [3.8, 4) is 5.75 Å². The summed E-state index contributed by atoms with van der Waals surface area (Å²) in [6.45, 7) is 4.49. The van der Waals surface area contributed by atoms with Crippen LogP contribution >= 0.6 is 0 Å². The van der Waals surface area contributed by atoms with E-state index in [4.69, 9.17) is 4.74 Å². The highest BCUT2D eigenvalue weighted by atomic mass is 16.5. The highest BCUT2D eigenvalue weighted by Crippen LogP contribution is 2.22. The molecule has 2 amide bonds. The molecule has 0 aliphatic carbocycles. The smallest absolute Gasteiger partial charge is 0.246 e. The van der Waals surface area contributed by atoms with Crippen molar-refractivity contribution >= 4 is 11.8 Å². The van der Waals surface area contributed by atoms with Crippen LogP contribution in [0.15, 0.2) is 24.3 Å². The fourth-order valence-electron chi connectivity index (χ4n) is 2.52. The Balaban J connectivity index is 2.18. The maximum Gasteiger partial charge on any atom is 0.246 e. The van der Waals surface area contributed by atoms with E-state index < -0.39 is 6.04 Å². The van der Waals surface area contributed by atoms with Crippen LogP contribution < -0.4 is 10.1 Å². The first kappa shape index (κ1) is 15.4. The average molecular weight is 290 g/mol. The van der Waals surface area contributed by atoms with Crippen LogP contribution in [0, 0.1) is 5.92 Å². The molecule has 2 unspecified atom stereocenters. The molecule has 2 atom stereocenters. The lowest BCUT2D eigenvalue weighted by Gasteiger charge is -2.35. The van der Waals surface area contributed by atoms with Crippen molar-refractivity contribution in [3.63, 3.8) is 0 Å². The van der Waals surface area contributed by atoms with Gasteiger partial charge in [-0.25, -0.2) is 0 Å². The van der Waals surface area contributed by atoms with Crippen molar-refractivity contribution in [2.45, 2.75) is 32.9 Å². The minimum atomic E-state index is -0.425. The van der Waals surface area contributed by atoms with E-state index in [2.05, 4.69) is 5.32 Å². The van der Waals surface area contributed by atoms with Crippen LogP contribution in [-0.2, 0) is 16.1 Å². The van der Waals surface area contributed by atoms with Gasteiger partial charge in [-0.2, -0.15) is 0 Å². The zero-order valence-electron chi connectivity index (χ0n) is 12.8. The van der Waals surface area contributed by atoms with Crippen LogP contribution in [0.5, 0.6) is 5.75 Å². The second-order valence-electron chi connectivity index (χ2n) is 5.44. The Morgan fingerprint density at radius 3 is 2.76 bits per heavy atom. The largest absolute Gasteiger partial charge is 0.496 e. The van der Waals surface area contributed by atoms with Crippen molar-refractivity contribution in [2.24, 2.45) is 5.92 Å². The Hall–Kier alpha value is -2.04. The number of hydrogen-bond donors (Lipinski definition) is 1. The van der Waals surface area contributed by atoms with Crippen LogP contribution in [0.1, 0.15) is 25.8 Å². The fraction of sp³-hybridized carbons (Fsp3) is 0.500. The van der Waals surface area contributed by atoms with Gasteiger partial charge in [-0.1, -0.05) is 38.5 Å². The minimum absolute atomic E-state index is 0.0187. The molecule has 0 bridgehead atoms. The normalized spacial score (nSPS) is 20.1. The third-order valence-electron chi connectivity index (χ3n) is 4.00. The minimum Gasteiger partial charge on any atom is -0.496 e. The molecule has 21 heavy (non-hydrogen) atoms. The lowest BCUT2D eigenvalue weighted by atomic mass is 9.96. The first-order valence-corrected chi connectivity index (χ1v) is 7.26. The number of methoxy groups -OCH3 is 1. The summed E-state index contributed by atoms with van der Waals surface area (Å²) >= 11 is 0. The molecule has 1 aliphatic rings. The quantitative estimate of drug-likeness (QED) is 0.895. The van der Waals surface area contributed by atoms with Crippen molar-refractivity contribution in [1.29, 1.82) is 0 Å². The molecule has 114 valence electrons. The molecule has 0 spiro atoms. The summed E-state index contributed by atoms with van der Waals surface area (Å²) < 4.78 is 5.31. The molecular weight excluding hydrogens is 268 g/mol. The SMILES string of the molecule is CCC(C)C1NC(=O)CN(Cc2ccccc2OC)C1=O. The van der Waals surface area contributed by atoms with Gasteiger partial charge in [0.05, 0.1) is 13.7 Å². The van der Waals surface area contributed by atoms with Crippen LogP contribution in [0.3, 0.4) is 0 Å². The molecule has 5 nitrogen and oxygen atoms in total. The Morgan fingerprint density at radius 1 is 1.38 bits per heavy atom. The average Bonchev–Trinajstić information content (AvgIpc) is 2.50. The molecule has 1 N–H and O–H groups in total. The van der Waals surface area contributed by atoms with Crippen molar-refractivity contribution < 1.29 is 14.3 Å². The van der Waals surface area contributed by atoms with E-state index in [1.54, 1.807) is 12.0 Å². The number of nitrogens with zero attached hydrogens (tertiary/aromatic N) is 1. The maximum atomic E-state index is 12.5. The van der Waals surface area contributed by atoms with Gasteiger partial charge in [0, 0.05) is 12.1 Å². The topological polar surface area (TPSA) is 58.6 Å². The Kier molecular flexibility index (Phi) is 4.83. The van der Waals surface area contributed by atoms with Gasteiger partial charge in [0.1, 0.15) is 11.8 Å². The third-order valence-corrected chi connectivity index (χ3v) is 4.00. The summed E-state index contributed by atoms with van der Waals surface area (Å²) in [6, 6.07) is 7.13. The molecule has 1 aromatic carbocycles. The second kappa shape index (κ2) is 6.61. The van der Waals surface area contributed by atoms with Crippen molar-refractivity contribution in [1.82, 2.24) is 10.2 Å². The van der Waals surface area contributed by atoms with E-state index in [1.165, 1.54) is 0 Å². The van der Waals surface area contributed by atoms with Gasteiger partial charge in [0.25, 0.3) is 0 Å². The molecule has 1 heterocycles. The van der Waals surface area contributed by atoms with Gasteiger partial charge in [-0.05, 0) is 12.0 Å². The number of rotatable bonds is 5. The van der Waals surface area contributed by atoms with Crippen molar-refractivity contribution in [3.05, 3.63) is 29.8 Å². The summed E-state index contributed by atoms with van der Waals surface area (Å²) in [5.41, 5.74) is 0.908. The van der Waals surface area contributed by atoms with Crippen LogP contribution in [-0.4, -0.2) is 36.4 Å². The number of nitrogens with one attached hydrogen (secondary N) is 1. The van der Waals surface area contributed by atoms with Crippen LogP contribution in [0.25, 0.3) is 0 Å². The Morgan fingerprint density at radius 2 is 2.10 bits per heavy atom. The Labute approximate surface area is 125 Å². The number of benzene rings is 1. The molecule has 0 aromatic heterocycles. The summed E-state index contributed by atoms with van der Waals surface area (Å²) in [5.74, 6) is 0.739. The lowest BCUT2D eigenvalue weighted by Crippen LogP contribution is -2.59. The van der Waals surface area contributed by atoms with Crippen molar-refractivity contribution in [2.75, 3.05) is 13.7 Å². The number of para-hydroxylation sites is 1. The predicted octanol–water partition coefficient (Wildman–Crippen LogP) is 1.57. The number of carbonyl (C=O) groups excluding carboxylic acids is 2. The molecule has 2 rings (SSSR count). The number of hydrogen-bond acceptors (Lipinski definition) is 3. The van der Waals surface area contributed by atoms with Gasteiger partial charge >= 0.3 is 0 Å². The zero-order valence-corrected chi connectivity index (χ0v) is 12.8. The fourth-order valence-corrected chi connectivity index (χ4v) is 2.52. The second-order valence-corrected chi connectivity index (χ2v) is 5.44. The molecule has 1 fully saturated rings. The number of amides is 2. The monoisotopic (exact) mass is 290 g/mol. The van der Waals surface area contributed by atoms with Gasteiger partial charge < -0.3 is 15.0 Å². The first-order valence-electron chi connectivity index (χ1n) is 7.26. The summed E-state index contributed by atoms with van der Waals surface area (Å²) in [7, 11) is 1.60. The highest BCUT2D eigenvalue weighted by Gasteiger charge is 2.35. The summed E-state index contributed by atoms with van der Waals surface area (Å²) in [4.78, 5) is 26.0. The van der Waals surface area contributed by atoms with E-state index in [1.807, 2.05) is 38.1 Å². The Bertz CT molecular complexity index is 530. The molecule has 0 radical (unpaired) electrons. The summed E-state index contributed by atoms with van der Waals surface area (Å²) in [5, 5.41) is 2.80. The number of piperazine rings is 1. The van der Waals surface area contributed by atoms with Gasteiger partial charge in [-0.15, -0.1) is 0 Å². The van der Waals surface area contributed by atoms with E-state index in [-0.39, 0.29) is 24.3 Å². The number of ether oxygens (including phenoxy) is 1. The van der Waals surface area contributed by atoms with E-state index in [0.29, 0.717) is 6.54 Å². The van der Waals surface area contributed by atoms with Gasteiger partial charge in [-0.3, -0.25) is 9.59 Å². The van der Waals surface area contributed by atoms with Gasteiger partial charge in [0.15, 0.2) is 0 Å². The van der Waals surface area contributed by atoms with Crippen LogP contribution in [0.2, 0.25) is 0 Å².